The molecule has 0 saturated heterocycles. The average Bonchev–Trinajstić information content (AvgIpc) is 2.16. The minimum atomic E-state index is -4.67. The average molecular weight is 211 g/mol. The molecule has 4 heteroatoms. The van der Waals surface area contributed by atoms with Gasteiger partial charge in [-0.3, -0.25) is 0 Å². The third-order valence-electron chi connectivity index (χ3n) is 1.88. The predicted octanol–water partition coefficient (Wildman–Crippen LogP) is 3.54. The number of benzene rings is 2. The Labute approximate surface area is 84.1 Å². The minimum Gasteiger partial charge on any atom is -0.405 e. The van der Waals surface area contributed by atoms with Gasteiger partial charge in [-0.15, -0.1) is 13.2 Å². The van der Waals surface area contributed by atoms with Crippen molar-refractivity contribution >= 4 is 10.8 Å². The summed E-state index contributed by atoms with van der Waals surface area (Å²) in [6, 6.07) is 12.2. The number of rotatable bonds is 1. The van der Waals surface area contributed by atoms with Gasteiger partial charge in [0, 0.05) is 5.39 Å². The van der Waals surface area contributed by atoms with Crippen LogP contribution >= 0.6 is 0 Å². The molecule has 0 atom stereocenters. The Morgan fingerprint density at radius 3 is 2.53 bits per heavy atom. The summed E-state index contributed by atoms with van der Waals surface area (Å²) in [5, 5.41) is 0.997. The fourth-order valence-electron chi connectivity index (χ4n) is 1.33. The van der Waals surface area contributed by atoms with Crippen molar-refractivity contribution in [2.45, 2.75) is 6.36 Å². The Morgan fingerprint density at radius 2 is 1.80 bits per heavy atom. The van der Waals surface area contributed by atoms with Crippen LogP contribution in [0.25, 0.3) is 10.8 Å². The summed E-state index contributed by atoms with van der Waals surface area (Å²) in [5.41, 5.74) is 0. The number of fused-ring (bicyclic) bond motifs is 1. The Hall–Kier alpha value is -1.71. The third kappa shape index (κ3) is 2.21. The Morgan fingerprint density at radius 1 is 1.07 bits per heavy atom. The number of hydrogen-bond donors (Lipinski definition) is 0. The molecule has 0 saturated carbocycles. The summed E-state index contributed by atoms with van der Waals surface area (Å²) < 4.78 is 40.0. The summed E-state index contributed by atoms with van der Waals surface area (Å²) in [5.74, 6) is -0.222. The van der Waals surface area contributed by atoms with E-state index in [0.29, 0.717) is 10.8 Å². The van der Waals surface area contributed by atoms with Crippen LogP contribution in [0.4, 0.5) is 13.2 Å². The zero-order chi connectivity index (χ0) is 10.9. The molecule has 15 heavy (non-hydrogen) atoms. The molecule has 0 amide bonds. The highest BCUT2D eigenvalue weighted by Gasteiger charge is 2.31. The highest BCUT2D eigenvalue weighted by Crippen LogP contribution is 2.29. The van der Waals surface area contributed by atoms with Gasteiger partial charge in [0.05, 0.1) is 0 Å². The Bertz CT molecular complexity index is 471. The maximum atomic E-state index is 12.0. The molecule has 0 heterocycles. The van der Waals surface area contributed by atoms with Crippen LogP contribution in [0.3, 0.4) is 0 Å². The summed E-state index contributed by atoms with van der Waals surface area (Å²) in [4.78, 5) is 0. The molecule has 0 bridgehead atoms. The van der Waals surface area contributed by atoms with Gasteiger partial charge in [-0.25, -0.2) is 0 Å². The molecule has 1 radical (unpaired) electrons. The second kappa shape index (κ2) is 3.46. The van der Waals surface area contributed by atoms with E-state index in [-0.39, 0.29) is 5.75 Å². The molecule has 0 fully saturated rings. The van der Waals surface area contributed by atoms with Gasteiger partial charge in [-0.05, 0) is 17.5 Å². The van der Waals surface area contributed by atoms with Gasteiger partial charge < -0.3 is 4.74 Å². The highest BCUT2D eigenvalue weighted by molar-refractivity contribution is 5.87. The first-order valence-electron chi connectivity index (χ1n) is 4.21. The van der Waals surface area contributed by atoms with Gasteiger partial charge in [0.15, 0.2) is 0 Å². The number of alkyl halides is 3. The van der Waals surface area contributed by atoms with Crippen molar-refractivity contribution in [1.29, 1.82) is 0 Å². The van der Waals surface area contributed by atoms with Gasteiger partial charge in [0.2, 0.25) is 0 Å². The molecular formula is C11H6F3O. The monoisotopic (exact) mass is 211 g/mol. The van der Waals surface area contributed by atoms with E-state index in [1.165, 1.54) is 12.1 Å². The molecule has 2 rings (SSSR count). The molecule has 1 nitrogen and oxygen atoms in total. The van der Waals surface area contributed by atoms with Crippen LogP contribution < -0.4 is 4.74 Å². The maximum Gasteiger partial charge on any atom is 0.573 e. The van der Waals surface area contributed by atoms with Gasteiger partial charge in [-0.2, -0.15) is 0 Å². The third-order valence-corrected chi connectivity index (χ3v) is 1.88. The van der Waals surface area contributed by atoms with Gasteiger partial charge in [-0.1, -0.05) is 30.3 Å². The Balaban J connectivity index is 2.52. The second-order valence-electron chi connectivity index (χ2n) is 2.94. The molecule has 77 valence electrons. The van der Waals surface area contributed by atoms with E-state index in [1.807, 2.05) is 0 Å². The maximum absolute atomic E-state index is 12.0. The Kier molecular flexibility index (Phi) is 2.26. The largest absolute Gasteiger partial charge is 0.573 e. The quantitative estimate of drug-likeness (QED) is 0.701. The zero-order valence-corrected chi connectivity index (χ0v) is 7.51. The lowest BCUT2D eigenvalue weighted by molar-refractivity contribution is -0.274. The molecule has 0 aromatic heterocycles. The van der Waals surface area contributed by atoms with Crippen molar-refractivity contribution in [1.82, 2.24) is 0 Å². The van der Waals surface area contributed by atoms with E-state index < -0.39 is 6.36 Å². The van der Waals surface area contributed by atoms with Crippen molar-refractivity contribution in [2.75, 3.05) is 0 Å². The predicted molar refractivity (Wildman–Crippen MR) is 49.5 cm³/mol. The molecule has 0 unspecified atom stereocenters. The van der Waals surface area contributed by atoms with Crippen LogP contribution in [-0.4, -0.2) is 6.36 Å². The van der Waals surface area contributed by atoms with Crippen molar-refractivity contribution in [3.8, 4) is 5.75 Å². The fraction of sp³-hybridized carbons (Fsp3) is 0.0909. The molecule has 0 aliphatic heterocycles. The fourth-order valence-corrected chi connectivity index (χ4v) is 1.33. The smallest absolute Gasteiger partial charge is 0.405 e. The lowest BCUT2D eigenvalue weighted by Gasteiger charge is -2.10. The van der Waals surface area contributed by atoms with E-state index >= 15 is 0 Å². The van der Waals surface area contributed by atoms with E-state index in [9.17, 15) is 13.2 Å². The first-order chi connectivity index (χ1) is 7.06. The second-order valence-corrected chi connectivity index (χ2v) is 2.94. The van der Waals surface area contributed by atoms with E-state index in [2.05, 4.69) is 10.8 Å². The zero-order valence-electron chi connectivity index (χ0n) is 7.51. The van der Waals surface area contributed by atoms with Crippen molar-refractivity contribution < 1.29 is 17.9 Å². The summed E-state index contributed by atoms with van der Waals surface area (Å²) >= 11 is 0. The molecular weight excluding hydrogens is 205 g/mol. The van der Waals surface area contributed by atoms with Crippen molar-refractivity contribution in [3.05, 3.63) is 42.5 Å². The molecule has 2 aromatic carbocycles. The van der Waals surface area contributed by atoms with Crippen LogP contribution in [0, 0.1) is 6.07 Å². The lowest BCUT2D eigenvalue weighted by Crippen LogP contribution is -2.17. The summed E-state index contributed by atoms with van der Waals surface area (Å²) in [6.07, 6.45) is -4.67. The lowest BCUT2D eigenvalue weighted by atomic mass is 10.1. The number of hydrogen-bond acceptors (Lipinski definition) is 1. The van der Waals surface area contributed by atoms with E-state index in [1.54, 1.807) is 24.3 Å². The SMILES string of the molecule is FC(F)(F)Oc1cccc2ccc[c]c12. The minimum absolute atomic E-state index is 0.222. The molecule has 0 aliphatic carbocycles. The number of ether oxygens (including phenoxy) is 1. The number of halogens is 3. The van der Waals surface area contributed by atoms with Crippen LogP contribution in [0.1, 0.15) is 0 Å². The van der Waals surface area contributed by atoms with Gasteiger partial charge in [0.1, 0.15) is 5.75 Å². The summed E-state index contributed by atoms with van der Waals surface area (Å²) in [7, 11) is 0. The highest BCUT2D eigenvalue weighted by atomic mass is 19.4. The topological polar surface area (TPSA) is 9.23 Å². The standard InChI is InChI=1S/C11H6F3O/c12-11(13,14)15-10-7-3-5-8-4-1-2-6-9(8)10/h1-5,7H. The first-order valence-corrected chi connectivity index (χ1v) is 4.21. The van der Waals surface area contributed by atoms with E-state index in [0.717, 1.165) is 0 Å². The van der Waals surface area contributed by atoms with Crippen molar-refractivity contribution in [2.24, 2.45) is 0 Å². The molecule has 0 spiro atoms. The molecule has 0 aliphatic rings. The van der Waals surface area contributed by atoms with Crippen LogP contribution in [-0.2, 0) is 0 Å². The summed E-state index contributed by atoms with van der Waals surface area (Å²) in [6.45, 7) is 0. The van der Waals surface area contributed by atoms with Crippen LogP contribution in [0.5, 0.6) is 5.75 Å². The first kappa shape index (κ1) is 9.83. The van der Waals surface area contributed by atoms with Gasteiger partial charge >= 0.3 is 6.36 Å². The molecule has 2 aromatic rings. The molecule has 0 N–H and O–H groups in total. The van der Waals surface area contributed by atoms with Gasteiger partial charge in [0.25, 0.3) is 0 Å². The van der Waals surface area contributed by atoms with Crippen molar-refractivity contribution in [3.63, 3.8) is 0 Å². The van der Waals surface area contributed by atoms with Crippen LogP contribution in [0.15, 0.2) is 36.4 Å². The van der Waals surface area contributed by atoms with Crippen LogP contribution in [0.2, 0.25) is 0 Å². The normalized spacial score (nSPS) is 11.7. The van der Waals surface area contributed by atoms with E-state index in [4.69, 9.17) is 0 Å².